The molecule has 1 heterocycles. The number of rotatable bonds is 6. The van der Waals surface area contributed by atoms with Crippen LogP contribution >= 0.6 is 27.3 Å². The molecule has 1 N–H and O–H groups in total. The first-order valence-corrected chi connectivity index (χ1v) is 8.75. The Hall–Kier alpha value is -0.910. The van der Waals surface area contributed by atoms with E-state index in [4.69, 9.17) is 0 Å². The van der Waals surface area contributed by atoms with Crippen LogP contribution in [0.25, 0.3) is 0 Å². The number of thiophene rings is 1. The highest BCUT2D eigenvalue weighted by Crippen LogP contribution is 2.27. The summed E-state index contributed by atoms with van der Waals surface area (Å²) in [7, 11) is 2.06. The molecule has 0 saturated heterocycles. The van der Waals surface area contributed by atoms with Crippen LogP contribution in [-0.4, -0.2) is 13.1 Å². The molecule has 21 heavy (non-hydrogen) atoms. The lowest BCUT2D eigenvalue weighted by Crippen LogP contribution is -2.21. The maximum absolute atomic E-state index is 13.5. The van der Waals surface area contributed by atoms with Crippen LogP contribution in [-0.2, 0) is 13.1 Å². The van der Waals surface area contributed by atoms with Crippen LogP contribution < -0.4 is 10.2 Å². The highest BCUT2D eigenvalue weighted by molar-refractivity contribution is 9.10. The fourth-order valence-electron chi connectivity index (χ4n) is 2.37. The quantitative estimate of drug-likeness (QED) is 0.804. The third-order valence-electron chi connectivity index (χ3n) is 3.63. The van der Waals surface area contributed by atoms with Crippen molar-refractivity contribution in [1.29, 1.82) is 0 Å². The molecular formula is C16H18BrFN2S. The summed E-state index contributed by atoms with van der Waals surface area (Å²) >= 11 is 5.21. The molecule has 0 unspecified atom stereocenters. The zero-order chi connectivity index (χ0) is 14.8. The van der Waals surface area contributed by atoms with Crippen molar-refractivity contribution < 1.29 is 4.39 Å². The molecule has 0 spiro atoms. The number of hydrogen-bond acceptors (Lipinski definition) is 3. The smallest absolute Gasteiger partial charge is 0.123 e. The van der Waals surface area contributed by atoms with E-state index in [1.54, 1.807) is 17.4 Å². The first-order chi connectivity index (χ1) is 10.1. The Morgan fingerprint density at radius 1 is 1.38 bits per heavy atom. The lowest BCUT2D eigenvalue weighted by molar-refractivity contribution is 0.619. The van der Waals surface area contributed by atoms with E-state index in [0.29, 0.717) is 6.04 Å². The van der Waals surface area contributed by atoms with Gasteiger partial charge in [0.1, 0.15) is 5.82 Å². The zero-order valence-corrected chi connectivity index (χ0v) is 14.3. The number of nitrogens with one attached hydrogen (secondary N) is 1. The van der Waals surface area contributed by atoms with Gasteiger partial charge < -0.3 is 10.2 Å². The fourth-order valence-corrected chi connectivity index (χ4v) is 3.87. The Balaban J connectivity index is 1.75. The van der Waals surface area contributed by atoms with Crippen LogP contribution in [0, 0.1) is 5.82 Å². The van der Waals surface area contributed by atoms with Gasteiger partial charge in [0.2, 0.25) is 0 Å². The lowest BCUT2D eigenvalue weighted by Gasteiger charge is -2.22. The summed E-state index contributed by atoms with van der Waals surface area (Å²) in [6, 6.07) is 7.82. The largest absolute Gasteiger partial charge is 0.369 e. The first kappa shape index (κ1) is 15.0. The Morgan fingerprint density at radius 3 is 2.86 bits per heavy atom. The molecule has 1 aliphatic carbocycles. The van der Waals surface area contributed by atoms with Crippen molar-refractivity contribution >= 4 is 33.0 Å². The van der Waals surface area contributed by atoms with Crippen molar-refractivity contribution in [2.45, 2.75) is 32.0 Å². The van der Waals surface area contributed by atoms with Gasteiger partial charge in [-0.25, -0.2) is 4.39 Å². The van der Waals surface area contributed by atoms with Gasteiger partial charge in [0.25, 0.3) is 0 Å². The highest BCUT2D eigenvalue weighted by Gasteiger charge is 2.21. The molecule has 0 bridgehead atoms. The number of benzene rings is 1. The lowest BCUT2D eigenvalue weighted by atomic mass is 10.1. The molecule has 3 rings (SSSR count). The van der Waals surface area contributed by atoms with Gasteiger partial charge in [-0.15, -0.1) is 11.3 Å². The predicted octanol–water partition coefficient (Wildman–Crippen LogP) is 4.54. The van der Waals surface area contributed by atoms with Gasteiger partial charge in [0.15, 0.2) is 0 Å². The first-order valence-electron chi connectivity index (χ1n) is 7.07. The van der Waals surface area contributed by atoms with Crippen molar-refractivity contribution in [2.24, 2.45) is 0 Å². The molecule has 0 atom stereocenters. The third kappa shape index (κ3) is 4.05. The average molecular weight is 369 g/mol. The van der Waals surface area contributed by atoms with Crippen molar-refractivity contribution in [3.8, 4) is 0 Å². The van der Waals surface area contributed by atoms with Gasteiger partial charge >= 0.3 is 0 Å². The van der Waals surface area contributed by atoms with Crippen LogP contribution in [0.5, 0.6) is 0 Å². The number of nitrogens with zero attached hydrogens (tertiary/aromatic N) is 1. The average Bonchev–Trinajstić information content (AvgIpc) is 3.19. The molecule has 1 aromatic carbocycles. The minimum absolute atomic E-state index is 0.168. The Bertz CT molecular complexity index is 624. The Morgan fingerprint density at radius 2 is 2.19 bits per heavy atom. The van der Waals surface area contributed by atoms with Gasteiger partial charge in [0, 0.05) is 40.1 Å². The van der Waals surface area contributed by atoms with Crippen LogP contribution in [0.2, 0.25) is 0 Å². The van der Waals surface area contributed by atoms with E-state index in [2.05, 4.69) is 44.6 Å². The molecule has 0 radical (unpaired) electrons. The predicted molar refractivity (Wildman–Crippen MR) is 90.4 cm³/mol. The Labute approximate surface area is 137 Å². The van der Waals surface area contributed by atoms with Crippen LogP contribution in [0.3, 0.4) is 0 Å². The second-order valence-electron chi connectivity index (χ2n) is 5.52. The number of anilines is 1. The standard InChI is InChI=1S/C16H18BrFN2S/c1-20(9-15-7-12(17)10-21-15)16-5-2-13(18)6-11(16)8-19-14-3-4-14/h2,5-7,10,14,19H,3-4,8-9H2,1H3. The summed E-state index contributed by atoms with van der Waals surface area (Å²) in [6.07, 6.45) is 2.48. The number of halogens is 2. The van der Waals surface area contributed by atoms with Crippen LogP contribution in [0.1, 0.15) is 23.3 Å². The van der Waals surface area contributed by atoms with E-state index in [0.717, 1.165) is 28.8 Å². The topological polar surface area (TPSA) is 15.3 Å². The van der Waals surface area contributed by atoms with Crippen molar-refractivity contribution in [2.75, 3.05) is 11.9 Å². The summed E-state index contributed by atoms with van der Waals surface area (Å²) in [6.45, 7) is 1.56. The molecule has 112 valence electrons. The fraction of sp³-hybridized carbons (Fsp3) is 0.375. The second-order valence-corrected chi connectivity index (χ2v) is 7.43. The Kier molecular flexibility index (Phi) is 4.62. The molecule has 0 amide bonds. The van der Waals surface area contributed by atoms with E-state index in [1.165, 1.54) is 23.8 Å². The summed E-state index contributed by atoms with van der Waals surface area (Å²) < 4.78 is 14.6. The minimum atomic E-state index is -0.168. The normalized spacial score (nSPS) is 14.4. The molecular weight excluding hydrogens is 351 g/mol. The zero-order valence-electron chi connectivity index (χ0n) is 11.9. The van der Waals surface area contributed by atoms with E-state index in [1.807, 2.05) is 6.07 Å². The molecule has 2 nitrogen and oxygen atoms in total. The van der Waals surface area contributed by atoms with Gasteiger partial charge in [-0.1, -0.05) is 0 Å². The van der Waals surface area contributed by atoms with Crippen molar-refractivity contribution in [3.63, 3.8) is 0 Å². The van der Waals surface area contributed by atoms with Gasteiger partial charge in [-0.2, -0.15) is 0 Å². The minimum Gasteiger partial charge on any atom is -0.369 e. The monoisotopic (exact) mass is 368 g/mol. The van der Waals surface area contributed by atoms with Gasteiger partial charge in [-0.3, -0.25) is 0 Å². The maximum Gasteiger partial charge on any atom is 0.123 e. The third-order valence-corrected chi connectivity index (χ3v) is 5.31. The SMILES string of the molecule is CN(Cc1cc(Br)cs1)c1ccc(F)cc1CNC1CC1. The molecule has 2 aromatic rings. The maximum atomic E-state index is 13.5. The van der Waals surface area contributed by atoms with E-state index in [-0.39, 0.29) is 5.82 Å². The van der Waals surface area contributed by atoms with Crippen LogP contribution in [0.4, 0.5) is 10.1 Å². The molecule has 1 aliphatic rings. The van der Waals surface area contributed by atoms with Crippen LogP contribution in [0.15, 0.2) is 34.1 Å². The molecule has 1 aromatic heterocycles. The summed E-state index contributed by atoms with van der Waals surface area (Å²) in [5, 5.41) is 5.55. The molecule has 1 saturated carbocycles. The highest BCUT2D eigenvalue weighted by atomic mass is 79.9. The summed E-state index contributed by atoms with van der Waals surface area (Å²) in [5.74, 6) is -0.168. The molecule has 1 fully saturated rings. The van der Waals surface area contributed by atoms with E-state index >= 15 is 0 Å². The molecule has 0 aliphatic heterocycles. The van der Waals surface area contributed by atoms with E-state index in [9.17, 15) is 4.39 Å². The van der Waals surface area contributed by atoms with E-state index < -0.39 is 0 Å². The van der Waals surface area contributed by atoms with Crippen molar-refractivity contribution in [1.82, 2.24) is 5.32 Å². The summed E-state index contributed by atoms with van der Waals surface area (Å²) in [5.41, 5.74) is 2.12. The van der Waals surface area contributed by atoms with Gasteiger partial charge in [-0.05, 0) is 58.6 Å². The molecule has 5 heteroatoms. The van der Waals surface area contributed by atoms with Crippen molar-refractivity contribution in [3.05, 3.63) is 50.4 Å². The number of hydrogen-bond donors (Lipinski definition) is 1. The second kappa shape index (κ2) is 6.46. The van der Waals surface area contributed by atoms with Gasteiger partial charge in [0.05, 0.1) is 6.54 Å². The summed E-state index contributed by atoms with van der Waals surface area (Å²) in [4.78, 5) is 3.47.